The maximum atomic E-state index is 13.1. The Kier molecular flexibility index (Phi) is 5.63. The van der Waals surface area contributed by atoms with Crippen LogP contribution in [0.2, 0.25) is 0 Å². The molecule has 0 radical (unpaired) electrons. The van der Waals surface area contributed by atoms with E-state index < -0.39 is 6.04 Å². The topological polar surface area (TPSA) is 52.7 Å². The van der Waals surface area contributed by atoms with Gasteiger partial charge in [0, 0.05) is 38.8 Å². The van der Waals surface area contributed by atoms with Gasteiger partial charge in [0.25, 0.3) is 5.91 Å². The van der Waals surface area contributed by atoms with E-state index in [4.69, 9.17) is 0 Å². The molecule has 136 valence electrons. The monoisotopic (exact) mass is 355 g/mol. The van der Waals surface area contributed by atoms with E-state index in [-0.39, 0.29) is 17.6 Å². The number of carbonyl (C=O) groups is 2. The highest BCUT2D eigenvalue weighted by Gasteiger charge is 2.34. The zero-order valence-corrected chi connectivity index (χ0v) is 14.7. The van der Waals surface area contributed by atoms with E-state index in [0.717, 1.165) is 5.56 Å². The average Bonchev–Trinajstić information content (AvgIpc) is 2.68. The summed E-state index contributed by atoms with van der Waals surface area (Å²) in [6.07, 6.45) is 0. The minimum absolute atomic E-state index is 0.113. The largest absolute Gasteiger partial charge is 0.358 e. The molecule has 1 N–H and O–H groups in total. The molecule has 2 aromatic carbocycles. The molecule has 0 saturated carbocycles. The van der Waals surface area contributed by atoms with Crippen LogP contribution in [0.5, 0.6) is 0 Å². The molecular weight excluding hydrogens is 333 g/mol. The van der Waals surface area contributed by atoms with Gasteiger partial charge in [0.05, 0.1) is 0 Å². The number of amides is 2. The fourth-order valence-corrected chi connectivity index (χ4v) is 3.20. The van der Waals surface area contributed by atoms with E-state index in [0.29, 0.717) is 31.7 Å². The fraction of sp³-hybridized carbons (Fsp3) is 0.300. The number of hydrogen-bond acceptors (Lipinski definition) is 3. The zero-order valence-electron chi connectivity index (χ0n) is 14.7. The summed E-state index contributed by atoms with van der Waals surface area (Å²) < 4.78 is 13.1. The number of benzene rings is 2. The lowest BCUT2D eigenvalue weighted by Crippen LogP contribution is -2.59. The summed E-state index contributed by atoms with van der Waals surface area (Å²) in [5.74, 6) is -0.673. The lowest BCUT2D eigenvalue weighted by atomic mass is 10.1. The van der Waals surface area contributed by atoms with Crippen molar-refractivity contribution in [2.24, 2.45) is 0 Å². The van der Waals surface area contributed by atoms with Crippen molar-refractivity contribution in [1.29, 1.82) is 0 Å². The summed E-state index contributed by atoms with van der Waals surface area (Å²) in [5.41, 5.74) is 1.55. The van der Waals surface area contributed by atoms with Crippen molar-refractivity contribution >= 4 is 11.8 Å². The van der Waals surface area contributed by atoms with Crippen LogP contribution in [0.4, 0.5) is 4.39 Å². The van der Waals surface area contributed by atoms with Gasteiger partial charge >= 0.3 is 0 Å². The molecule has 1 atom stereocenters. The molecule has 0 unspecified atom stereocenters. The van der Waals surface area contributed by atoms with Crippen LogP contribution < -0.4 is 5.32 Å². The average molecular weight is 355 g/mol. The SMILES string of the molecule is CNC(=O)[C@H]1CN(C(=O)c2ccc(F)cc2)CCN1Cc1ccccc1. The Hall–Kier alpha value is -2.73. The molecular formula is C20H22FN3O2. The van der Waals surface area contributed by atoms with E-state index >= 15 is 0 Å². The predicted molar refractivity (Wildman–Crippen MR) is 97.0 cm³/mol. The highest BCUT2D eigenvalue weighted by Crippen LogP contribution is 2.17. The van der Waals surface area contributed by atoms with Gasteiger partial charge in [0.2, 0.25) is 5.91 Å². The smallest absolute Gasteiger partial charge is 0.253 e. The Morgan fingerprint density at radius 3 is 2.42 bits per heavy atom. The number of piperazine rings is 1. The minimum Gasteiger partial charge on any atom is -0.358 e. The highest BCUT2D eigenvalue weighted by atomic mass is 19.1. The Bertz CT molecular complexity index is 764. The second-order valence-corrected chi connectivity index (χ2v) is 6.34. The normalized spacial score (nSPS) is 17.8. The number of rotatable bonds is 4. The Morgan fingerprint density at radius 2 is 1.77 bits per heavy atom. The van der Waals surface area contributed by atoms with Crippen LogP contribution in [0.3, 0.4) is 0 Å². The molecule has 3 rings (SSSR count). The van der Waals surface area contributed by atoms with E-state index in [1.807, 2.05) is 30.3 Å². The Labute approximate surface area is 152 Å². The molecule has 1 heterocycles. The fourth-order valence-electron chi connectivity index (χ4n) is 3.20. The molecule has 5 nitrogen and oxygen atoms in total. The van der Waals surface area contributed by atoms with E-state index in [1.165, 1.54) is 24.3 Å². The third kappa shape index (κ3) is 4.08. The standard InChI is InChI=1S/C20H22FN3O2/c1-22-19(25)18-14-24(20(26)16-7-9-17(21)10-8-16)12-11-23(18)13-15-5-3-2-4-6-15/h2-10,18H,11-14H2,1H3,(H,22,25)/t18-/m1/s1. The molecule has 1 aliphatic heterocycles. The van der Waals surface area contributed by atoms with Gasteiger partial charge in [-0.1, -0.05) is 30.3 Å². The summed E-state index contributed by atoms with van der Waals surface area (Å²) in [4.78, 5) is 28.8. The van der Waals surface area contributed by atoms with Crippen LogP contribution in [-0.4, -0.2) is 54.3 Å². The quantitative estimate of drug-likeness (QED) is 0.911. The van der Waals surface area contributed by atoms with Gasteiger partial charge in [-0.25, -0.2) is 4.39 Å². The van der Waals surface area contributed by atoms with Crippen LogP contribution in [0, 0.1) is 5.82 Å². The van der Waals surface area contributed by atoms with Crippen LogP contribution in [-0.2, 0) is 11.3 Å². The minimum atomic E-state index is -0.418. The van der Waals surface area contributed by atoms with Crippen molar-refractivity contribution in [1.82, 2.24) is 15.1 Å². The van der Waals surface area contributed by atoms with E-state index in [9.17, 15) is 14.0 Å². The van der Waals surface area contributed by atoms with Crippen LogP contribution in [0.1, 0.15) is 15.9 Å². The van der Waals surface area contributed by atoms with Gasteiger partial charge in [0.1, 0.15) is 11.9 Å². The molecule has 0 spiro atoms. The van der Waals surface area contributed by atoms with E-state index in [1.54, 1.807) is 11.9 Å². The first-order valence-corrected chi connectivity index (χ1v) is 8.63. The summed E-state index contributed by atoms with van der Waals surface area (Å²) in [5, 5.41) is 2.69. The summed E-state index contributed by atoms with van der Waals surface area (Å²) >= 11 is 0. The molecule has 0 bridgehead atoms. The maximum Gasteiger partial charge on any atom is 0.253 e. The number of carbonyl (C=O) groups excluding carboxylic acids is 2. The lowest BCUT2D eigenvalue weighted by molar-refractivity contribution is -0.128. The molecule has 1 saturated heterocycles. The van der Waals surface area contributed by atoms with Gasteiger partial charge < -0.3 is 10.2 Å². The number of hydrogen-bond donors (Lipinski definition) is 1. The third-order valence-corrected chi connectivity index (χ3v) is 4.65. The lowest BCUT2D eigenvalue weighted by Gasteiger charge is -2.40. The van der Waals surface area contributed by atoms with Crippen molar-refractivity contribution in [3.63, 3.8) is 0 Å². The Morgan fingerprint density at radius 1 is 1.08 bits per heavy atom. The van der Waals surface area contributed by atoms with Crippen molar-refractivity contribution in [2.45, 2.75) is 12.6 Å². The molecule has 2 amide bonds. The third-order valence-electron chi connectivity index (χ3n) is 4.65. The number of nitrogens with zero attached hydrogens (tertiary/aromatic N) is 2. The second kappa shape index (κ2) is 8.10. The molecule has 6 heteroatoms. The number of halogens is 1. The second-order valence-electron chi connectivity index (χ2n) is 6.34. The van der Waals surface area contributed by atoms with Crippen molar-refractivity contribution in [3.8, 4) is 0 Å². The molecule has 0 aromatic heterocycles. The van der Waals surface area contributed by atoms with Crippen molar-refractivity contribution in [3.05, 3.63) is 71.5 Å². The van der Waals surface area contributed by atoms with Crippen LogP contribution in [0.25, 0.3) is 0 Å². The number of likely N-dealkylation sites (N-methyl/N-ethyl adjacent to an activating group) is 1. The summed E-state index contributed by atoms with van der Waals surface area (Å²) in [6, 6.07) is 15.0. The van der Waals surface area contributed by atoms with Crippen molar-refractivity contribution in [2.75, 3.05) is 26.7 Å². The van der Waals surface area contributed by atoms with Gasteiger partial charge in [0.15, 0.2) is 0 Å². The van der Waals surface area contributed by atoms with Crippen LogP contribution in [0.15, 0.2) is 54.6 Å². The van der Waals surface area contributed by atoms with Crippen LogP contribution >= 0.6 is 0 Å². The first-order chi connectivity index (χ1) is 12.6. The molecule has 26 heavy (non-hydrogen) atoms. The summed E-state index contributed by atoms with van der Waals surface area (Å²) in [7, 11) is 1.60. The molecule has 0 aliphatic carbocycles. The zero-order chi connectivity index (χ0) is 18.5. The van der Waals surface area contributed by atoms with Crippen molar-refractivity contribution < 1.29 is 14.0 Å². The first kappa shape index (κ1) is 18.1. The van der Waals surface area contributed by atoms with Gasteiger partial charge in [-0.15, -0.1) is 0 Å². The molecule has 2 aromatic rings. The molecule has 1 fully saturated rings. The maximum absolute atomic E-state index is 13.1. The van der Waals surface area contributed by atoms with Gasteiger partial charge in [-0.3, -0.25) is 14.5 Å². The van der Waals surface area contributed by atoms with Gasteiger partial charge in [-0.2, -0.15) is 0 Å². The van der Waals surface area contributed by atoms with E-state index in [2.05, 4.69) is 10.2 Å². The number of nitrogens with one attached hydrogen (secondary N) is 1. The van der Waals surface area contributed by atoms with Gasteiger partial charge in [-0.05, 0) is 29.8 Å². The first-order valence-electron chi connectivity index (χ1n) is 8.63. The predicted octanol–water partition coefficient (Wildman–Crippen LogP) is 1.90. The summed E-state index contributed by atoms with van der Waals surface area (Å²) in [6.45, 7) is 2.08. The highest BCUT2D eigenvalue weighted by molar-refractivity contribution is 5.95. The molecule has 1 aliphatic rings. The Balaban J connectivity index is 1.74.